The third-order valence-corrected chi connectivity index (χ3v) is 10.5. The van der Waals surface area contributed by atoms with Crippen LogP contribution in [0.5, 0.6) is 5.75 Å². The first-order valence-corrected chi connectivity index (χ1v) is 22.9. The van der Waals surface area contributed by atoms with E-state index < -0.39 is 38.0 Å². The molecule has 0 heterocycles. The number of carbonyl (C=O) groups excluding carboxylic acids is 1. The summed E-state index contributed by atoms with van der Waals surface area (Å²) in [6.07, 6.45) is -4.83. The number of methoxy groups -OCH3 is 1. The molecule has 56 heavy (non-hydrogen) atoms. The van der Waals surface area contributed by atoms with Gasteiger partial charge in [-0.2, -0.15) is 13.2 Å². The summed E-state index contributed by atoms with van der Waals surface area (Å²) in [7, 11) is 0.246. The predicted octanol–water partition coefficient (Wildman–Crippen LogP) is 11.8. The molecule has 4 aromatic carbocycles. The molecule has 0 saturated carbocycles. The van der Waals surface area contributed by atoms with Crippen molar-refractivity contribution in [3.05, 3.63) is 135 Å². The Bertz CT molecular complexity index is 1800. The fraction of sp³-hybridized carbons (Fsp3) is 0.432. The fourth-order valence-corrected chi connectivity index (χ4v) is 8.01. The third kappa shape index (κ3) is 13.3. The van der Waals surface area contributed by atoms with Crippen LogP contribution < -0.4 is 4.74 Å². The smallest absolute Gasteiger partial charge is 0.446 e. The van der Waals surface area contributed by atoms with Crippen LogP contribution in [0.4, 0.5) is 13.2 Å². The Labute approximate surface area is 341 Å². The summed E-state index contributed by atoms with van der Waals surface area (Å²) in [5, 5.41) is 1.37. The Morgan fingerprint density at radius 3 is 1.88 bits per heavy atom. The minimum Gasteiger partial charge on any atom is -0.484 e. The molecule has 0 spiro atoms. The summed E-state index contributed by atoms with van der Waals surface area (Å²) in [6, 6.07) is 29.7. The molecular weight excluding hydrogens is 778 g/mol. The van der Waals surface area contributed by atoms with Gasteiger partial charge in [-0.3, -0.25) is 0 Å². The number of esters is 1. The maximum Gasteiger partial charge on any atom is 0.446 e. The van der Waals surface area contributed by atoms with Gasteiger partial charge in [-0.05, 0) is 150 Å². The van der Waals surface area contributed by atoms with E-state index in [-0.39, 0.29) is 24.5 Å². The van der Waals surface area contributed by atoms with E-state index >= 15 is 13.2 Å². The average molecular weight is 833 g/mol. The number of alkyl halides is 3. The van der Waals surface area contributed by atoms with E-state index in [4.69, 9.17) is 41.8 Å². The number of benzene rings is 4. The lowest BCUT2D eigenvalue weighted by atomic mass is 9.91. The Hall–Kier alpha value is -3.38. The molecule has 0 radical (unpaired) electrons. The second kappa shape index (κ2) is 19.4. The molecule has 4 rings (SSSR count). The van der Waals surface area contributed by atoms with Gasteiger partial charge in [-0.1, -0.05) is 71.7 Å². The molecule has 0 aliphatic heterocycles. The molecule has 0 bridgehead atoms. The van der Waals surface area contributed by atoms with Crippen molar-refractivity contribution in [3.8, 4) is 5.75 Å². The number of aryl methyl sites for hydroxylation is 2. The van der Waals surface area contributed by atoms with Crippen molar-refractivity contribution in [2.75, 3.05) is 27.2 Å². The van der Waals surface area contributed by atoms with E-state index in [9.17, 15) is 4.79 Å². The lowest BCUT2D eigenvalue weighted by Crippen LogP contribution is -2.63. The molecule has 12 heteroatoms. The van der Waals surface area contributed by atoms with Crippen LogP contribution in [0.3, 0.4) is 0 Å². The summed E-state index contributed by atoms with van der Waals surface area (Å²) >= 11 is 12.4. The van der Waals surface area contributed by atoms with Gasteiger partial charge in [0.1, 0.15) is 11.4 Å². The monoisotopic (exact) mass is 831 g/mol. The SMILES string of the molecule is COC(O[Si](C)(C)C)(C(CCc1cccc(C(=O)OC(C)(C)C)c1)Oc1ccc(CCCN(C)CC(c2ccc(Cl)cc2)c2ccc(Cl)cc2)cc1)C(F)(F)F. The predicted molar refractivity (Wildman–Crippen MR) is 222 cm³/mol. The molecule has 4 aromatic rings. The van der Waals surface area contributed by atoms with Crippen molar-refractivity contribution in [2.45, 2.75) is 95.7 Å². The summed E-state index contributed by atoms with van der Waals surface area (Å²) in [5.41, 5.74) is 3.61. The lowest BCUT2D eigenvalue weighted by molar-refractivity contribution is -0.374. The van der Waals surface area contributed by atoms with Crippen molar-refractivity contribution in [1.29, 1.82) is 0 Å². The minimum atomic E-state index is -4.92. The van der Waals surface area contributed by atoms with Gasteiger partial charge in [0, 0.05) is 29.6 Å². The number of nitrogens with zero attached hydrogens (tertiary/aromatic N) is 1. The molecule has 2 unspecified atom stereocenters. The van der Waals surface area contributed by atoms with E-state index in [2.05, 4.69) is 36.2 Å². The maximum atomic E-state index is 15.1. The maximum absolute atomic E-state index is 15.1. The fourth-order valence-electron chi connectivity index (χ4n) is 6.51. The molecule has 0 aliphatic carbocycles. The van der Waals surface area contributed by atoms with Gasteiger partial charge >= 0.3 is 12.1 Å². The van der Waals surface area contributed by atoms with Crippen LogP contribution >= 0.6 is 23.2 Å². The Balaban J connectivity index is 1.47. The number of ether oxygens (including phenoxy) is 3. The van der Waals surface area contributed by atoms with Crippen LogP contribution in [0.25, 0.3) is 0 Å². The van der Waals surface area contributed by atoms with Gasteiger partial charge < -0.3 is 23.5 Å². The first-order chi connectivity index (χ1) is 26.2. The Morgan fingerprint density at radius 2 is 1.38 bits per heavy atom. The Kier molecular flexibility index (Phi) is 15.7. The zero-order chi connectivity index (χ0) is 41.3. The second-order valence-corrected chi connectivity index (χ2v) is 21.4. The summed E-state index contributed by atoms with van der Waals surface area (Å²) in [4.78, 5) is 15.0. The topological polar surface area (TPSA) is 57.2 Å². The molecule has 0 fully saturated rings. The van der Waals surface area contributed by atoms with Gasteiger partial charge in [-0.25, -0.2) is 4.79 Å². The molecule has 304 valence electrons. The van der Waals surface area contributed by atoms with E-state index in [0.717, 1.165) is 49.7 Å². The van der Waals surface area contributed by atoms with Crippen LogP contribution in [0, 0.1) is 0 Å². The minimum absolute atomic E-state index is 0.114. The van der Waals surface area contributed by atoms with Crippen molar-refractivity contribution in [1.82, 2.24) is 4.90 Å². The zero-order valence-electron chi connectivity index (χ0n) is 33.5. The molecule has 0 aromatic heterocycles. The first-order valence-electron chi connectivity index (χ1n) is 18.8. The largest absolute Gasteiger partial charge is 0.484 e. The van der Waals surface area contributed by atoms with Gasteiger partial charge in [0.15, 0.2) is 14.4 Å². The summed E-state index contributed by atoms with van der Waals surface area (Å²) in [6.45, 7) is 11.9. The van der Waals surface area contributed by atoms with Gasteiger partial charge in [0.25, 0.3) is 5.79 Å². The van der Waals surface area contributed by atoms with Crippen LogP contribution in [0.2, 0.25) is 29.7 Å². The third-order valence-electron chi connectivity index (χ3n) is 9.08. The highest BCUT2D eigenvalue weighted by Crippen LogP contribution is 2.42. The second-order valence-electron chi connectivity index (χ2n) is 16.1. The molecule has 0 N–H and O–H groups in total. The van der Waals surface area contributed by atoms with E-state index in [1.54, 1.807) is 76.8 Å². The number of likely N-dealkylation sites (N-methyl/N-ethyl adjacent to an activating group) is 1. The van der Waals surface area contributed by atoms with E-state index in [0.29, 0.717) is 21.2 Å². The molecular formula is C44H54Cl2F3NO5Si. The van der Waals surface area contributed by atoms with Crippen molar-refractivity contribution in [3.63, 3.8) is 0 Å². The number of rotatable bonds is 18. The lowest BCUT2D eigenvalue weighted by Gasteiger charge is -2.43. The van der Waals surface area contributed by atoms with Crippen molar-refractivity contribution in [2.24, 2.45) is 0 Å². The van der Waals surface area contributed by atoms with E-state index in [1.807, 2.05) is 36.4 Å². The first kappa shape index (κ1) is 45.3. The van der Waals surface area contributed by atoms with Crippen LogP contribution in [0.15, 0.2) is 97.1 Å². The molecule has 6 nitrogen and oxygen atoms in total. The van der Waals surface area contributed by atoms with Crippen molar-refractivity contribution < 1.29 is 36.6 Å². The molecule has 0 amide bonds. The number of hydrogen-bond donors (Lipinski definition) is 0. The highest BCUT2D eigenvalue weighted by atomic mass is 35.5. The number of hydrogen-bond acceptors (Lipinski definition) is 6. The molecule has 2 atom stereocenters. The van der Waals surface area contributed by atoms with Gasteiger partial charge in [-0.15, -0.1) is 0 Å². The standard InChI is InChI=1S/C44H54Cl2F3NO5Si/c1-42(2,3)54-41(51)35-13-9-11-32(29-35)16-27-40(43(52-5,44(47,48)49)55-56(6,7)8)53-38-25-14-31(15-26-38)12-10-28-50(4)30-39(33-17-21-36(45)22-18-33)34-19-23-37(46)24-20-34/h9,11,13-15,17-26,29,39-40H,10,12,16,27-28,30H2,1-8H3. The van der Waals surface area contributed by atoms with Crippen LogP contribution in [-0.4, -0.2) is 70.1 Å². The number of halogens is 5. The van der Waals surface area contributed by atoms with Crippen LogP contribution in [-0.2, 0) is 26.7 Å². The summed E-state index contributed by atoms with van der Waals surface area (Å²) in [5.74, 6) is -3.16. The zero-order valence-corrected chi connectivity index (χ0v) is 36.0. The molecule has 0 saturated heterocycles. The van der Waals surface area contributed by atoms with Crippen LogP contribution in [0.1, 0.15) is 72.1 Å². The quantitative estimate of drug-likeness (QED) is 0.0565. The van der Waals surface area contributed by atoms with E-state index in [1.165, 1.54) is 0 Å². The Morgan fingerprint density at radius 1 is 0.804 bits per heavy atom. The normalized spacial score (nSPS) is 14.1. The van der Waals surface area contributed by atoms with Gasteiger partial charge in [0.05, 0.1) is 5.56 Å². The van der Waals surface area contributed by atoms with Gasteiger partial charge in [0.2, 0.25) is 0 Å². The average Bonchev–Trinajstić information content (AvgIpc) is 3.11. The molecule has 0 aliphatic rings. The number of carbonyl (C=O) groups is 1. The van der Waals surface area contributed by atoms with Crippen molar-refractivity contribution >= 4 is 37.5 Å². The highest BCUT2D eigenvalue weighted by Gasteiger charge is 2.64. The highest BCUT2D eigenvalue weighted by molar-refractivity contribution is 6.69. The summed E-state index contributed by atoms with van der Waals surface area (Å²) < 4.78 is 68.1.